The Morgan fingerprint density at radius 3 is 2.55 bits per heavy atom. The van der Waals surface area contributed by atoms with Crippen LogP contribution in [0.5, 0.6) is 11.5 Å². The normalized spacial score (nSPS) is 11.3. The molecule has 3 aromatic rings. The van der Waals surface area contributed by atoms with Crippen LogP contribution in [-0.4, -0.2) is 25.3 Å². The van der Waals surface area contributed by atoms with E-state index in [1.165, 1.54) is 6.07 Å². The largest absolute Gasteiger partial charge is 0.497 e. The summed E-state index contributed by atoms with van der Waals surface area (Å²) < 4.78 is 15.8. The molecule has 0 aliphatic heterocycles. The number of hydrazone groups is 1. The van der Waals surface area contributed by atoms with E-state index in [1.807, 2.05) is 38.1 Å². The number of amides is 1. The summed E-state index contributed by atoms with van der Waals surface area (Å²) in [5.41, 5.74) is 5.11. The lowest BCUT2D eigenvalue weighted by Crippen LogP contribution is -2.25. The third kappa shape index (κ3) is 5.44. The Labute approximate surface area is 167 Å². The van der Waals surface area contributed by atoms with Crippen molar-refractivity contribution in [2.24, 2.45) is 5.10 Å². The molecule has 7 heteroatoms. The van der Waals surface area contributed by atoms with Gasteiger partial charge in [0.05, 0.1) is 7.11 Å². The van der Waals surface area contributed by atoms with Gasteiger partial charge in [0, 0.05) is 29.7 Å². The maximum absolute atomic E-state index is 12.0. The standard InChI is InChI=1S/C22H22N2O5/c1-14-10-22(26)29-20-12-18(8-9-19(14)20)28-13-21(25)24-23-15(2)11-16-4-6-17(27-3)7-5-16/h4-10,12H,11,13H2,1-3H3,(H,24,25)/b23-15-. The highest BCUT2D eigenvalue weighted by Crippen LogP contribution is 2.22. The minimum absolute atomic E-state index is 0.207. The fourth-order valence-electron chi connectivity index (χ4n) is 2.81. The first-order valence-corrected chi connectivity index (χ1v) is 9.07. The van der Waals surface area contributed by atoms with Gasteiger partial charge in [0.25, 0.3) is 5.91 Å². The third-order valence-electron chi connectivity index (χ3n) is 4.28. The van der Waals surface area contributed by atoms with Gasteiger partial charge in [-0.05, 0) is 49.2 Å². The number of benzene rings is 2. The van der Waals surface area contributed by atoms with E-state index in [0.29, 0.717) is 17.8 Å². The summed E-state index contributed by atoms with van der Waals surface area (Å²) in [5, 5.41) is 4.91. The van der Waals surface area contributed by atoms with Gasteiger partial charge < -0.3 is 13.9 Å². The van der Waals surface area contributed by atoms with E-state index in [4.69, 9.17) is 13.9 Å². The smallest absolute Gasteiger partial charge is 0.336 e. The van der Waals surface area contributed by atoms with Gasteiger partial charge in [0.1, 0.15) is 17.1 Å². The fraction of sp³-hybridized carbons (Fsp3) is 0.227. The maximum Gasteiger partial charge on any atom is 0.336 e. The Balaban J connectivity index is 1.54. The van der Waals surface area contributed by atoms with Gasteiger partial charge in [0.2, 0.25) is 0 Å². The predicted molar refractivity (Wildman–Crippen MR) is 111 cm³/mol. The molecule has 0 fully saturated rings. The number of hydrogen-bond donors (Lipinski definition) is 1. The zero-order valence-corrected chi connectivity index (χ0v) is 16.5. The molecule has 0 spiro atoms. The van der Waals surface area contributed by atoms with Gasteiger partial charge in [-0.25, -0.2) is 10.2 Å². The van der Waals surface area contributed by atoms with Crippen LogP contribution in [0.3, 0.4) is 0 Å². The van der Waals surface area contributed by atoms with E-state index in [0.717, 1.165) is 28.0 Å². The van der Waals surface area contributed by atoms with Gasteiger partial charge in [-0.2, -0.15) is 5.10 Å². The molecule has 1 aromatic heterocycles. The van der Waals surface area contributed by atoms with Crippen molar-refractivity contribution in [2.45, 2.75) is 20.3 Å². The van der Waals surface area contributed by atoms with Crippen LogP contribution < -0.4 is 20.5 Å². The van der Waals surface area contributed by atoms with Crippen LogP contribution in [-0.2, 0) is 11.2 Å². The Hall–Kier alpha value is -3.61. The molecule has 2 aromatic carbocycles. The lowest BCUT2D eigenvalue weighted by Gasteiger charge is -2.07. The highest BCUT2D eigenvalue weighted by atomic mass is 16.5. The van der Waals surface area contributed by atoms with Gasteiger partial charge in [-0.1, -0.05) is 12.1 Å². The second-order valence-electron chi connectivity index (χ2n) is 6.60. The molecule has 3 rings (SSSR count). The second kappa shape index (κ2) is 9.05. The monoisotopic (exact) mass is 394 g/mol. The summed E-state index contributed by atoms with van der Waals surface area (Å²) in [7, 11) is 1.62. The van der Waals surface area contributed by atoms with Crippen LogP contribution in [0.4, 0.5) is 0 Å². The van der Waals surface area contributed by atoms with E-state index in [1.54, 1.807) is 25.3 Å². The Morgan fingerprint density at radius 2 is 1.83 bits per heavy atom. The molecule has 7 nitrogen and oxygen atoms in total. The number of ether oxygens (including phenoxy) is 2. The fourth-order valence-corrected chi connectivity index (χ4v) is 2.81. The number of methoxy groups -OCH3 is 1. The number of carbonyl (C=O) groups excluding carboxylic acids is 1. The highest BCUT2D eigenvalue weighted by Gasteiger charge is 2.07. The molecule has 29 heavy (non-hydrogen) atoms. The van der Waals surface area contributed by atoms with Crippen LogP contribution in [0, 0.1) is 6.92 Å². The zero-order chi connectivity index (χ0) is 20.8. The highest BCUT2D eigenvalue weighted by molar-refractivity contribution is 5.86. The van der Waals surface area contributed by atoms with Gasteiger partial charge in [-0.3, -0.25) is 4.79 Å². The van der Waals surface area contributed by atoms with Crippen molar-refractivity contribution in [3.8, 4) is 11.5 Å². The van der Waals surface area contributed by atoms with E-state index >= 15 is 0 Å². The number of nitrogens with zero attached hydrogens (tertiary/aromatic N) is 1. The molecule has 1 N–H and O–H groups in total. The van der Waals surface area contributed by atoms with Crippen molar-refractivity contribution in [1.82, 2.24) is 5.43 Å². The van der Waals surface area contributed by atoms with Gasteiger partial charge in [0.15, 0.2) is 6.61 Å². The van der Waals surface area contributed by atoms with Crippen LogP contribution >= 0.6 is 0 Å². The van der Waals surface area contributed by atoms with Crippen molar-refractivity contribution in [2.75, 3.05) is 13.7 Å². The second-order valence-corrected chi connectivity index (χ2v) is 6.60. The van der Waals surface area contributed by atoms with Gasteiger partial charge in [-0.15, -0.1) is 0 Å². The first-order valence-electron chi connectivity index (χ1n) is 9.07. The van der Waals surface area contributed by atoms with Crippen molar-refractivity contribution in [1.29, 1.82) is 0 Å². The number of hydrogen-bond acceptors (Lipinski definition) is 6. The molecule has 0 atom stereocenters. The quantitative estimate of drug-likeness (QED) is 0.377. The first-order chi connectivity index (χ1) is 13.9. The molecule has 150 valence electrons. The molecule has 0 aliphatic carbocycles. The van der Waals surface area contributed by atoms with Crippen LogP contribution in [0.15, 0.2) is 62.8 Å². The van der Waals surface area contributed by atoms with E-state index in [-0.39, 0.29) is 12.5 Å². The van der Waals surface area contributed by atoms with E-state index in [2.05, 4.69) is 10.5 Å². The Kier molecular flexibility index (Phi) is 6.29. The molecule has 1 amide bonds. The van der Waals surface area contributed by atoms with Crippen LogP contribution in [0.2, 0.25) is 0 Å². The Morgan fingerprint density at radius 1 is 1.10 bits per heavy atom. The minimum atomic E-state index is -0.424. The Bertz CT molecular complexity index is 1100. The van der Waals surface area contributed by atoms with Crippen molar-refractivity contribution in [3.63, 3.8) is 0 Å². The summed E-state index contributed by atoms with van der Waals surface area (Å²) in [6, 6.07) is 14.2. The van der Waals surface area contributed by atoms with E-state index in [9.17, 15) is 9.59 Å². The minimum Gasteiger partial charge on any atom is -0.497 e. The number of rotatable bonds is 7. The summed E-state index contributed by atoms with van der Waals surface area (Å²) in [6.45, 7) is 3.46. The molecule has 0 unspecified atom stereocenters. The lowest BCUT2D eigenvalue weighted by atomic mass is 10.1. The summed E-state index contributed by atoms with van der Waals surface area (Å²) in [5.74, 6) is 0.835. The average molecular weight is 394 g/mol. The van der Waals surface area contributed by atoms with Crippen molar-refractivity contribution < 1.29 is 18.7 Å². The van der Waals surface area contributed by atoms with E-state index < -0.39 is 5.63 Å². The molecular formula is C22H22N2O5. The summed E-state index contributed by atoms with van der Waals surface area (Å²) in [6.07, 6.45) is 0.605. The molecule has 0 saturated heterocycles. The predicted octanol–water partition coefficient (Wildman–Crippen LogP) is 3.22. The molecule has 0 bridgehead atoms. The number of aryl methyl sites for hydroxylation is 1. The van der Waals surface area contributed by atoms with Crippen molar-refractivity contribution >= 4 is 22.6 Å². The molecule has 0 aliphatic rings. The lowest BCUT2D eigenvalue weighted by molar-refractivity contribution is -0.123. The maximum atomic E-state index is 12.0. The molecule has 0 saturated carbocycles. The third-order valence-corrected chi connectivity index (χ3v) is 4.28. The summed E-state index contributed by atoms with van der Waals surface area (Å²) >= 11 is 0. The summed E-state index contributed by atoms with van der Waals surface area (Å²) in [4.78, 5) is 23.5. The van der Waals surface area contributed by atoms with Gasteiger partial charge >= 0.3 is 5.63 Å². The van der Waals surface area contributed by atoms with Crippen molar-refractivity contribution in [3.05, 3.63) is 70.1 Å². The topological polar surface area (TPSA) is 90.1 Å². The number of carbonyl (C=O) groups is 1. The van der Waals surface area contributed by atoms with Crippen LogP contribution in [0.1, 0.15) is 18.1 Å². The zero-order valence-electron chi connectivity index (χ0n) is 16.5. The molecule has 0 radical (unpaired) electrons. The average Bonchev–Trinajstić information content (AvgIpc) is 2.71. The molecule has 1 heterocycles. The number of fused-ring (bicyclic) bond motifs is 1. The van der Waals surface area contributed by atoms with Crippen LogP contribution in [0.25, 0.3) is 11.0 Å². The number of nitrogens with one attached hydrogen (secondary N) is 1. The molecular weight excluding hydrogens is 372 g/mol. The first kappa shape index (κ1) is 20.1. The SMILES string of the molecule is COc1ccc(C/C(C)=N\NC(=O)COc2ccc3c(C)cc(=O)oc3c2)cc1.